The van der Waals surface area contributed by atoms with Gasteiger partial charge >= 0.3 is 5.69 Å². The van der Waals surface area contributed by atoms with Gasteiger partial charge in [0.15, 0.2) is 6.23 Å². The van der Waals surface area contributed by atoms with Gasteiger partial charge in [-0.25, -0.2) is 4.79 Å². The molecule has 10 nitrogen and oxygen atoms in total. The molecule has 1 aliphatic rings. The normalized spacial score (nSPS) is 27.5. The van der Waals surface area contributed by atoms with Crippen molar-refractivity contribution in [2.24, 2.45) is 0 Å². The molecule has 26 heavy (non-hydrogen) atoms. The zero-order valence-corrected chi connectivity index (χ0v) is 13.5. The Morgan fingerprint density at radius 2 is 1.85 bits per heavy atom. The van der Waals surface area contributed by atoms with Crippen molar-refractivity contribution in [3.05, 3.63) is 69.0 Å². The molecule has 1 aliphatic heterocycles. The van der Waals surface area contributed by atoms with Crippen molar-refractivity contribution < 1.29 is 29.9 Å². The number of benzene rings is 1. The standard InChI is InChI=1S/C16H18N2O8/c19-8-11-15(22,23)16(24,25-9-10-4-2-1-3-5-10)13(26-11)18-7-6-12(20)17-14(18)21/h1-7,11,13,19,22-24H,8-9H2,(H,17,20,21)/t11-,13-,16-/m1/s1. The van der Waals surface area contributed by atoms with Crippen LogP contribution >= 0.6 is 0 Å². The lowest BCUT2D eigenvalue weighted by atomic mass is 10.0. The molecule has 0 bridgehead atoms. The van der Waals surface area contributed by atoms with Gasteiger partial charge in [0.05, 0.1) is 13.2 Å². The number of ether oxygens (including phenoxy) is 2. The van der Waals surface area contributed by atoms with Crippen LogP contribution in [0.4, 0.5) is 0 Å². The molecule has 0 radical (unpaired) electrons. The lowest BCUT2D eigenvalue weighted by Crippen LogP contribution is -2.60. The number of nitrogens with one attached hydrogen (secondary N) is 1. The summed E-state index contributed by atoms with van der Waals surface area (Å²) in [6, 6.07) is 9.56. The third-order valence-corrected chi connectivity index (χ3v) is 4.18. The smallest absolute Gasteiger partial charge is 0.330 e. The quantitative estimate of drug-likeness (QED) is 0.381. The highest BCUT2D eigenvalue weighted by atomic mass is 16.7. The maximum Gasteiger partial charge on any atom is 0.330 e. The van der Waals surface area contributed by atoms with Crippen LogP contribution in [0.15, 0.2) is 52.2 Å². The number of hydrogen-bond acceptors (Lipinski definition) is 8. The Labute approximate surface area is 146 Å². The zero-order valence-electron chi connectivity index (χ0n) is 13.5. The van der Waals surface area contributed by atoms with Gasteiger partial charge in [0.25, 0.3) is 17.1 Å². The van der Waals surface area contributed by atoms with Crippen LogP contribution in [0.1, 0.15) is 11.8 Å². The fourth-order valence-electron chi connectivity index (χ4n) is 2.74. The number of nitrogens with zero attached hydrogens (tertiary/aromatic N) is 1. The van der Waals surface area contributed by atoms with Crippen LogP contribution < -0.4 is 11.2 Å². The van der Waals surface area contributed by atoms with Crippen LogP contribution in [0.25, 0.3) is 0 Å². The Morgan fingerprint density at radius 1 is 1.15 bits per heavy atom. The van der Waals surface area contributed by atoms with Gasteiger partial charge in [0.2, 0.25) is 0 Å². The van der Waals surface area contributed by atoms with Crippen molar-refractivity contribution in [3.8, 4) is 0 Å². The molecule has 140 valence electrons. The summed E-state index contributed by atoms with van der Waals surface area (Å²) in [6.45, 7) is -1.10. The Morgan fingerprint density at radius 3 is 2.46 bits per heavy atom. The van der Waals surface area contributed by atoms with Gasteiger partial charge in [-0.2, -0.15) is 0 Å². The van der Waals surface area contributed by atoms with E-state index in [0.29, 0.717) is 5.56 Å². The minimum absolute atomic E-state index is 0.240. The number of aliphatic hydroxyl groups is 4. The van der Waals surface area contributed by atoms with E-state index < -0.39 is 41.8 Å². The molecule has 2 heterocycles. The van der Waals surface area contributed by atoms with E-state index in [0.717, 1.165) is 16.8 Å². The SMILES string of the molecule is O=c1ccn([C@@H]2O[C@H](CO)C(O)(O)[C@]2(O)OCc2ccccc2)c(=O)[nH]1. The Balaban J connectivity index is 2.00. The molecule has 1 saturated heterocycles. The van der Waals surface area contributed by atoms with E-state index in [2.05, 4.69) is 0 Å². The first-order valence-electron chi connectivity index (χ1n) is 7.72. The van der Waals surface area contributed by atoms with Crippen molar-refractivity contribution >= 4 is 0 Å². The van der Waals surface area contributed by atoms with Crippen LogP contribution in [0.5, 0.6) is 0 Å². The minimum atomic E-state index is -3.03. The average molecular weight is 366 g/mol. The highest BCUT2D eigenvalue weighted by Crippen LogP contribution is 2.44. The van der Waals surface area contributed by atoms with Crippen LogP contribution in [-0.2, 0) is 16.1 Å². The number of aromatic nitrogens is 2. The molecule has 0 unspecified atom stereocenters. The van der Waals surface area contributed by atoms with Crippen molar-refractivity contribution in [2.45, 2.75) is 30.5 Å². The summed E-state index contributed by atoms with van der Waals surface area (Å²) in [6.07, 6.45) is -2.38. The molecule has 2 aromatic rings. The van der Waals surface area contributed by atoms with Gasteiger partial charge < -0.3 is 29.9 Å². The molecule has 1 aromatic heterocycles. The van der Waals surface area contributed by atoms with E-state index in [-0.39, 0.29) is 6.61 Å². The summed E-state index contributed by atoms with van der Waals surface area (Å²) in [7, 11) is 0. The predicted molar refractivity (Wildman–Crippen MR) is 85.7 cm³/mol. The van der Waals surface area contributed by atoms with E-state index >= 15 is 0 Å². The maximum absolute atomic E-state index is 12.0. The molecule has 0 aliphatic carbocycles. The highest BCUT2D eigenvalue weighted by Gasteiger charge is 2.68. The number of hydrogen-bond donors (Lipinski definition) is 5. The molecule has 0 amide bonds. The second kappa shape index (κ2) is 6.76. The van der Waals surface area contributed by atoms with Crippen LogP contribution in [0.2, 0.25) is 0 Å². The highest BCUT2D eigenvalue weighted by molar-refractivity contribution is 5.14. The molecule has 10 heteroatoms. The van der Waals surface area contributed by atoms with Gasteiger partial charge in [0, 0.05) is 12.3 Å². The summed E-state index contributed by atoms with van der Waals surface area (Å²) >= 11 is 0. The fraction of sp³-hybridized carbons (Fsp3) is 0.375. The van der Waals surface area contributed by atoms with E-state index in [4.69, 9.17) is 9.47 Å². The van der Waals surface area contributed by atoms with E-state index in [1.54, 1.807) is 30.3 Å². The fourth-order valence-corrected chi connectivity index (χ4v) is 2.74. The third kappa shape index (κ3) is 2.98. The molecule has 3 rings (SSSR count). The summed E-state index contributed by atoms with van der Waals surface area (Å²) in [5.74, 6) is -5.84. The summed E-state index contributed by atoms with van der Waals surface area (Å²) in [4.78, 5) is 25.2. The topological polar surface area (TPSA) is 154 Å². The van der Waals surface area contributed by atoms with Crippen molar-refractivity contribution in [1.29, 1.82) is 0 Å². The summed E-state index contributed by atoms with van der Waals surface area (Å²) < 4.78 is 11.3. The average Bonchev–Trinajstić information content (AvgIpc) is 2.81. The molecule has 0 saturated carbocycles. The van der Waals surface area contributed by atoms with Gasteiger partial charge in [-0.15, -0.1) is 0 Å². The Bertz CT molecular complexity index is 878. The van der Waals surface area contributed by atoms with E-state index in [1.807, 2.05) is 4.98 Å². The first-order valence-corrected chi connectivity index (χ1v) is 7.72. The molecule has 0 spiro atoms. The van der Waals surface area contributed by atoms with Crippen molar-refractivity contribution in [3.63, 3.8) is 0 Å². The molecular weight excluding hydrogens is 348 g/mol. The van der Waals surface area contributed by atoms with Crippen LogP contribution in [-0.4, -0.2) is 54.3 Å². The zero-order chi connectivity index (χ0) is 18.9. The van der Waals surface area contributed by atoms with Crippen molar-refractivity contribution in [2.75, 3.05) is 6.61 Å². The van der Waals surface area contributed by atoms with Crippen LogP contribution in [0, 0.1) is 0 Å². The number of H-pyrrole nitrogens is 1. The number of rotatable bonds is 5. The van der Waals surface area contributed by atoms with E-state index in [1.165, 1.54) is 0 Å². The van der Waals surface area contributed by atoms with Gasteiger partial charge in [-0.3, -0.25) is 14.3 Å². The molecule has 5 N–H and O–H groups in total. The van der Waals surface area contributed by atoms with Crippen LogP contribution in [0.3, 0.4) is 0 Å². The molecule has 1 fully saturated rings. The van der Waals surface area contributed by atoms with Gasteiger partial charge in [-0.1, -0.05) is 30.3 Å². The molecular formula is C16H18N2O8. The monoisotopic (exact) mass is 366 g/mol. The summed E-state index contributed by atoms with van der Waals surface area (Å²) in [5, 5.41) is 40.9. The minimum Gasteiger partial charge on any atom is -0.393 e. The molecule has 1 aromatic carbocycles. The largest absolute Gasteiger partial charge is 0.393 e. The maximum atomic E-state index is 12.0. The number of aliphatic hydroxyl groups excluding tert-OH is 1. The molecule has 3 atom stereocenters. The van der Waals surface area contributed by atoms with Crippen molar-refractivity contribution in [1.82, 2.24) is 9.55 Å². The third-order valence-electron chi connectivity index (χ3n) is 4.18. The van der Waals surface area contributed by atoms with Gasteiger partial charge in [0.1, 0.15) is 6.10 Å². The Kier molecular flexibility index (Phi) is 4.80. The van der Waals surface area contributed by atoms with Gasteiger partial charge in [-0.05, 0) is 5.56 Å². The second-order valence-corrected chi connectivity index (χ2v) is 5.87. The second-order valence-electron chi connectivity index (χ2n) is 5.87. The Hall–Kier alpha value is -2.34. The lowest BCUT2D eigenvalue weighted by Gasteiger charge is -2.36. The van der Waals surface area contributed by atoms with E-state index in [9.17, 15) is 30.0 Å². The summed E-state index contributed by atoms with van der Waals surface area (Å²) in [5.41, 5.74) is -1.04. The predicted octanol–water partition coefficient (Wildman–Crippen LogP) is -1.99. The first kappa shape index (κ1) is 18.5. The number of aromatic amines is 1. The lowest BCUT2D eigenvalue weighted by molar-refractivity contribution is -0.375. The first-order chi connectivity index (χ1) is 12.3.